The summed E-state index contributed by atoms with van der Waals surface area (Å²) in [6.07, 6.45) is 5.51. The number of carbonyl (C=O) groups is 1. The largest absolute Gasteiger partial charge is 0.512 e. The Labute approximate surface area is 153 Å². The van der Waals surface area contributed by atoms with E-state index < -0.39 is 5.54 Å². The Morgan fingerprint density at radius 3 is 2.28 bits per heavy atom. The Kier molecular flexibility index (Phi) is 6.68. The van der Waals surface area contributed by atoms with Gasteiger partial charge in [-0.1, -0.05) is 30.2 Å². The van der Waals surface area contributed by atoms with Gasteiger partial charge < -0.3 is 5.11 Å². The van der Waals surface area contributed by atoms with Crippen LogP contribution in [0.5, 0.6) is 0 Å². The second kappa shape index (κ2) is 7.77. The third-order valence-corrected chi connectivity index (χ3v) is 4.79. The van der Waals surface area contributed by atoms with Crippen molar-refractivity contribution >= 4 is 5.91 Å². The van der Waals surface area contributed by atoms with Gasteiger partial charge in [0.1, 0.15) is 0 Å². The fourth-order valence-corrected chi connectivity index (χ4v) is 3.09. The van der Waals surface area contributed by atoms with E-state index in [0.29, 0.717) is 12.2 Å². The number of carbonyl (C=O) groups excluding carboxylic acids is 1. The van der Waals surface area contributed by atoms with Gasteiger partial charge in [0, 0.05) is 6.42 Å². The molecule has 0 spiro atoms. The van der Waals surface area contributed by atoms with Crippen LogP contribution in [0.1, 0.15) is 75.2 Å². The topological polar surface area (TPSA) is 52.6 Å². The molecule has 0 aliphatic heterocycles. The number of hydrogen-bond donors (Lipinski definition) is 2. The fraction of sp³-hybridized carbons (Fsp3) is 0.667. The lowest BCUT2D eigenvalue weighted by molar-refractivity contribution is -0.145. The molecule has 0 aromatic carbocycles. The van der Waals surface area contributed by atoms with Crippen molar-refractivity contribution in [3.05, 3.63) is 34.6 Å². The predicted octanol–water partition coefficient (Wildman–Crippen LogP) is 5.05. The normalized spacial score (nSPS) is 19.8. The van der Waals surface area contributed by atoms with E-state index in [1.165, 1.54) is 5.57 Å². The first-order valence-electron chi connectivity index (χ1n) is 9.16. The highest BCUT2D eigenvalue weighted by molar-refractivity contribution is 5.82. The predicted molar refractivity (Wildman–Crippen MR) is 105 cm³/mol. The van der Waals surface area contributed by atoms with E-state index in [9.17, 15) is 9.90 Å². The third kappa shape index (κ3) is 5.46. The molecule has 1 rings (SSSR count). The van der Waals surface area contributed by atoms with Gasteiger partial charge in [0.25, 0.3) is 0 Å². The first-order valence-corrected chi connectivity index (χ1v) is 9.16. The highest BCUT2D eigenvalue weighted by atomic mass is 16.3. The van der Waals surface area contributed by atoms with Gasteiger partial charge in [0.15, 0.2) is 0 Å². The number of hydrazine groups is 1. The van der Waals surface area contributed by atoms with Crippen LogP contribution in [0.3, 0.4) is 0 Å². The van der Waals surface area contributed by atoms with Crippen molar-refractivity contribution in [1.29, 1.82) is 0 Å². The SMILES string of the molecule is CC/C(O)=C(/C)C(C)(C)NN(C(=O)C1C=C(C)C=C(C)C1)C(C)(C)C. The van der Waals surface area contributed by atoms with Crippen LogP contribution < -0.4 is 5.43 Å². The van der Waals surface area contributed by atoms with E-state index in [1.807, 2.05) is 55.4 Å². The molecular formula is C21H36N2O2. The smallest absolute Gasteiger partial charge is 0.244 e. The summed E-state index contributed by atoms with van der Waals surface area (Å²) in [6, 6.07) is 0. The zero-order chi connectivity index (χ0) is 19.6. The molecule has 0 saturated heterocycles. The first-order chi connectivity index (χ1) is 11.3. The van der Waals surface area contributed by atoms with Gasteiger partial charge in [0.2, 0.25) is 5.91 Å². The molecule has 1 aliphatic carbocycles. The van der Waals surface area contributed by atoms with Crippen LogP contribution >= 0.6 is 0 Å². The van der Waals surface area contributed by atoms with Crippen LogP contribution in [-0.2, 0) is 4.79 Å². The Morgan fingerprint density at radius 1 is 1.28 bits per heavy atom. The molecule has 0 aromatic heterocycles. The summed E-state index contributed by atoms with van der Waals surface area (Å²) in [5.74, 6) is 0.277. The maximum Gasteiger partial charge on any atom is 0.244 e. The van der Waals surface area contributed by atoms with Crippen LogP contribution in [0.4, 0.5) is 0 Å². The summed E-state index contributed by atoms with van der Waals surface area (Å²) >= 11 is 0. The number of nitrogens with one attached hydrogen (secondary N) is 1. The lowest BCUT2D eigenvalue weighted by Crippen LogP contribution is -2.62. The number of amides is 1. The van der Waals surface area contributed by atoms with E-state index >= 15 is 0 Å². The van der Waals surface area contributed by atoms with Crippen molar-refractivity contribution in [2.75, 3.05) is 0 Å². The molecule has 1 atom stereocenters. The Hall–Kier alpha value is -1.55. The molecular weight excluding hydrogens is 312 g/mol. The summed E-state index contributed by atoms with van der Waals surface area (Å²) in [7, 11) is 0. The fourth-order valence-electron chi connectivity index (χ4n) is 3.09. The Bertz CT molecular complexity index is 604. The molecule has 25 heavy (non-hydrogen) atoms. The minimum atomic E-state index is -0.526. The molecule has 1 aliphatic rings. The average Bonchev–Trinajstić information content (AvgIpc) is 2.48. The lowest BCUT2D eigenvalue weighted by Gasteiger charge is -2.44. The standard InChI is InChI=1S/C21H36N2O2/c1-10-18(24)16(4)21(8,9)22-23(20(5,6)7)19(25)17-12-14(2)11-15(3)13-17/h11-12,17,22,24H,10,13H2,1-9H3/b18-16+. The maximum absolute atomic E-state index is 13.3. The molecule has 1 amide bonds. The first kappa shape index (κ1) is 21.5. The molecule has 4 heteroatoms. The zero-order valence-corrected chi connectivity index (χ0v) is 17.4. The average molecular weight is 349 g/mol. The number of aliphatic hydroxyl groups is 1. The lowest BCUT2D eigenvalue weighted by atomic mass is 9.89. The van der Waals surface area contributed by atoms with E-state index in [1.54, 1.807) is 5.01 Å². The quantitative estimate of drug-likeness (QED) is 0.540. The van der Waals surface area contributed by atoms with E-state index in [2.05, 4.69) is 24.5 Å². The minimum Gasteiger partial charge on any atom is -0.512 e. The highest BCUT2D eigenvalue weighted by Crippen LogP contribution is 2.28. The van der Waals surface area contributed by atoms with Gasteiger partial charge in [-0.25, -0.2) is 5.43 Å². The monoisotopic (exact) mass is 348 g/mol. The van der Waals surface area contributed by atoms with Crippen molar-refractivity contribution in [3.8, 4) is 0 Å². The van der Waals surface area contributed by atoms with Crippen LogP contribution in [-0.4, -0.2) is 27.1 Å². The molecule has 0 fully saturated rings. The van der Waals surface area contributed by atoms with Crippen molar-refractivity contribution in [2.45, 2.75) is 86.2 Å². The number of aliphatic hydroxyl groups excluding tert-OH is 1. The van der Waals surface area contributed by atoms with Crippen LogP contribution in [0.2, 0.25) is 0 Å². The van der Waals surface area contributed by atoms with Crippen molar-refractivity contribution in [2.24, 2.45) is 5.92 Å². The van der Waals surface area contributed by atoms with Crippen molar-refractivity contribution in [1.82, 2.24) is 10.4 Å². The molecule has 0 bridgehead atoms. The number of rotatable bonds is 5. The van der Waals surface area contributed by atoms with Gasteiger partial charge in [0.05, 0.1) is 22.8 Å². The van der Waals surface area contributed by atoms with Crippen LogP contribution in [0.25, 0.3) is 0 Å². The number of allylic oxidation sites excluding steroid dienone is 4. The van der Waals surface area contributed by atoms with Crippen molar-refractivity contribution < 1.29 is 9.90 Å². The summed E-state index contributed by atoms with van der Waals surface area (Å²) in [4.78, 5) is 13.3. The molecule has 0 aromatic rings. The number of hydrogen-bond acceptors (Lipinski definition) is 3. The molecule has 0 heterocycles. The van der Waals surface area contributed by atoms with Gasteiger partial charge in [-0.3, -0.25) is 9.80 Å². The van der Waals surface area contributed by atoms with Crippen LogP contribution in [0, 0.1) is 5.92 Å². The van der Waals surface area contributed by atoms with Crippen molar-refractivity contribution in [3.63, 3.8) is 0 Å². The van der Waals surface area contributed by atoms with E-state index in [0.717, 1.165) is 17.6 Å². The molecule has 142 valence electrons. The second-order valence-electron chi connectivity index (χ2n) is 8.72. The van der Waals surface area contributed by atoms with Crippen LogP contribution in [0.15, 0.2) is 34.6 Å². The van der Waals surface area contributed by atoms with E-state index in [-0.39, 0.29) is 17.4 Å². The molecule has 4 nitrogen and oxygen atoms in total. The number of nitrogens with zero attached hydrogens (tertiary/aromatic N) is 1. The van der Waals surface area contributed by atoms with Gasteiger partial charge >= 0.3 is 0 Å². The summed E-state index contributed by atoms with van der Waals surface area (Å²) < 4.78 is 0. The molecule has 2 N–H and O–H groups in total. The second-order valence-corrected chi connectivity index (χ2v) is 8.72. The Balaban J connectivity index is 3.16. The van der Waals surface area contributed by atoms with E-state index in [4.69, 9.17) is 0 Å². The minimum absolute atomic E-state index is 0.0659. The highest BCUT2D eigenvalue weighted by Gasteiger charge is 2.36. The van der Waals surface area contributed by atoms with Gasteiger partial charge in [-0.05, 0) is 67.4 Å². The summed E-state index contributed by atoms with van der Waals surface area (Å²) in [5, 5.41) is 11.9. The van der Waals surface area contributed by atoms with Gasteiger partial charge in [-0.2, -0.15) is 0 Å². The molecule has 1 unspecified atom stereocenters. The zero-order valence-electron chi connectivity index (χ0n) is 17.4. The Morgan fingerprint density at radius 2 is 1.84 bits per heavy atom. The van der Waals surface area contributed by atoms with Gasteiger partial charge in [-0.15, -0.1) is 0 Å². The maximum atomic E-state index is 13.3. The summed E-state index contributed by atoms with van der Waals surface area (Å²) in [5.41, 5.74) is 5.70. The molecule has 0 saturated carbocycles. The third-order valence-electron chi connectivity index (χ3n) is 4.79. The summed E-state index contributed by atoms with van der Waals surface area (Å²) in [6.45, 7) is 18.0. The molecule has 0 radical (unpaired) electrons.